The van der Waals surface area contributed by atoms with Crippen molar-refractivity contribution in [3.8, 4) is 33.4 Å². The summed E-state index contributed by atoms with van der Waals surface area (Å²) in [5.74, 6) is 1.63. The van der Waals surface area contributed by atoms with E-state index in [2.05, 4.69) is 226 Å². The Morgan fingerprint density at radius 2 is 0.903 bits per heavy atom. The van der Waals surface area contributed by atoms with E-state index in [-0.39, 0.29) is 18.1 Å². The molecule has 0 N–H and O–H groups in total. The number of fused-ring (bicyclic) bond motifs is 5. The molecule has 2 atom stereocenters. The van der Waals surface area contributed by atoms with Crippen LogP contribution in [0.5, 0.6) is 0 Å². The van der Waals surface area contributed by atoms with Gasteiger partial charge in [0.15, 0.2) is 0 Å². The van der Waals surface area contributed by atoms with Gasteiger partial charge in [0, 0.05) is 0 Å². The summed E-state index contributed by atoms with van der Waals surface area (Å²) in [4.78, 5) is 0. The Hall–Kier alpha value is -3.52. The number of rotatable bonds is 13. The molecule has 2 unspecified atom stereocenters. The van der Waals surface area contributed by atoms with Crippen molar-refractivity contribution in [1.82, 2.24) is 0 Å². The molecule has 9 rings (SSSR count). The summed E-state index contributed by atoms with van der Waals surface area (Å²) in [5, 5.41) is 2.97. The SMILES string of the molecule is CCCc1ccc2c(c1-c1cc(C(C)C)cc(C(C)C)c1)C=C(C(C)(C)C)[CH]2[Zr]([Cl])([Cl])([c]1cccc2c1[SiH2]c1ccccc1-2)[CH]1C(C(C)(C)C)=Cc2c1ccc(CCC)c2-c1cc(C(C)C)cc(C(C)C)c1. The number of allylic oxidation sites excluding steroid dienone is 2. The van der Waals surface area contributed by atoms with Crippen LogP contribution in [0, 0.1) is 10.8 Å². The van der Waals surface area contributed by atoms with Crippen LogP contribution in [-0.2, 0) is 29.2 Å². The number of halogens is 2. The third kappa shape index (κ3) is 9.05. The van der Waals surface area contributed by atoms with Gasteiger partial charge in [0.2, 0.25) is 0 Å². The van der Waals surface area contributed by atoms with Gasteiger partial charge in [0.05, 0.1) is 0 Å². The first-order valence-electron chi connectivity index (χ1n) is 27.7. The molecule has 1 aliphatic heterocycles. The Bertz CT molecular complexity index is 2950. The van der Waals surface area contributed by atoms with E-state index >= 15 is 0 Å². The molecule has 1 heterocycles. The molecular weight excluding hydrogens is 1010 g/mol. The van der Waals surface area contributed by atoms with Gasteiger partial charge in [0.25, 0.3) is 0 Å². The Balaban J connectivity index is 1.44. The Morgan fingerprint density at radius 3 is 1.29 bits per heavy atom. The second-order valence-corrected chi connectivity index (χ2v) is 47.9. The predicted molar refractivity (Wildman–Crippen MR) is 319 cm³/mol. The summed E-state index contributed by atoms with van der Waals surface area (Å²) in [7, 11) is 18.7. The van der Waals surface area contributed by atoms with Crippen molar-refractivity contribution >= 4 is 52.3 Å². The molecule has 4 heteroatoms. The predicted octanol–water partition coefficient (Wildman–Crippen LogP) is 18.5. The Morgan fingerprint density at radius 1 is 0.500 bits per heavy atom. The number of hydrogen-bond acceptors (Lipinski definition) is 0. The maximum absolute atomic E-state index is 9.80. The molecule has 3 aliphatic rings. The topological polar surface area (TPSA) is 0 Å². The monoisotopic (exact) mass is 1090 g/mol. The van der Waals surface area contributed by atoms with Gasteiger partial charge >= 0.3 is 450 Å². The molecule has 0 fully saturated rings. The zero-order chi connectivity index (χ0) is 52.0. The van der Waals surface area contributed by atoms with Gasteiger partial charge in [-0.3, -0.25) is 0 Å². The zero-order valence-electron chi connectivity index (χ0n) is 46.7. The van der Waals surface area contributed by atoms with Crippen molar-refractivity contribution in [1.29, 1.82) is 0 Å². The van der Waals surface area contributed by atoms with Crippen molar-refractivity contribution in [2.75, 3.05) is 0 Å². The van der Waals surface area contributed by atoms with Gasteiger partial charge in [0.1, 0.15) is 0 Å². The molecule has 6 aromatic rings. The van der Waals surface area contributed by atoms with Gasteiger partial charge in [-0.15, -0.1) is 0 Å². The second-order valence-electron chi connectivity index (χ2n) is 25.5. The van der Waals surface area contributed by atoms with E-state index in [4.69, 9.17) is 0 Å². The number of aryl methyl sites for hydroxylation is 2. The molecule has 0 amide bonds. The summed E-state index contributed by atoms with van der Waals surface area (Å²) < 4.78 is 0.935. The normalized spacial score (nSPS) is 17.4. The minimum absolute atomic E-state index is 0.182. The quantitative estimate of drug-likeness (QED) is 0.101. The van der Waals surface area contributed by atoms with E-state index in [1.54, 1.807) is 0 Å². The van der Waals surface area contributed by atoms with Crippen LogP contribution in [0.3, 0.4) is 0 Å². The van der Waals surface area contributed by atoms with Gasteiger partial charge in [-0.25, -0.2) is 0 Å². The van der Waals surface area contributed by atoms with Crippen LogP contribution in [0.25, 0.3) is 45.5 Å². The third-order valence-corrected chi connectivity index (χ3v) is 39.5. The van der Waals surface area contributed by atoms with E-state index in [0.29, 0.717) is 23.7 Å². The average Bonchev–Trinajstić information content (AvgIpc) is 4.05. The van der Waals surface area contributed by atoms with Crippen LogP contribution in [0.4, 0.5) is 0 Å². The summed E-state index contributed by atoms with van der Waals surface area (Å²) in [5.41, 5.74) is 24.2. The van der Waals surface area contributed by atoms with Crippen LogP contribution in [0.1, 0.15) is 210 Å². The van der Waals surface area contributed by atoms with Gasteiger partial charge < -0.3 is 0 Å². The molecular formula is C68H83Cl2SiZr. The number of benzene rings is 6. The molecule has 0 spiro atoms. The van der Waals surface area contributed by atoms with E-state index in [9.17, 15) is 17.0 Å². The maximum atomic E-state index is 9.80. The van der Waals surface area contributed by atoms with E-state index in [1.807, 2.05) is 0 Å². The van der Waals surface area contributed by atoms with E-state index < -0.39 is 25.9 Å². The molecule has 0 radical (unpaired) electrons. The molecule has 6 aromatic carbocycles. The molecule has 0 nitrogen and oxygen atoms in total. The first kappa shape index (κ1) is 53.3. The van der Waals surface area contributed by atoms with Crippen LogP contribution in [-0.4, -0.2) is 9.52 Å². The Labute approximate surface area is 446 Å². The molecule has 72 heavy (non-hydrogen) atoms. The summed E-state index contributed by atoms with van der Waals surface area (Å²) >= 11 is -5.95. The van der Waals surface area contributed by atoms with Crippen molar-refractivity contribution in [2.45, 2.75) is 167 Å². The van der Waals surface area contributed by atoms with E-state index in [1.165, 1.54) is 114 Å². The van der Waals surface area contributed by atoms with Gasteiger partial charge in [-0.2, -0.15) is 0 Å². The molecule has 377 valence electrons. The fourth-order valence-electron chi connectivity index (χ4n) is 13.1. The Kier molecular flexibility index (Phi) is 14.5. The summed E-state index contributed by atoms with van der Waals surface area (Å²) in [6.45, 7) is 37.9. The van der Waals surface area contributed by atoms with Crippen LogP contribution in [0.2, 0.25) is 0 Å². The minimum atomic E-state index is -5.95. The van der Waals surface area contributed by atoms with Gasteiger partial charge in [-0.05, 0) is 0 Å². The summed E-state index contributed by atoms with van der Waals surface area (Å²) in [6.07, 6.45) is 9.40. The van der Waals surface area contributed by atoms with Crippen LogP contribution < -0.4 is 13.6 Å². The average molecular weight is 1090 g/mol. The van der Waals surface area contributed by atoms with Crippen molar-refractivity contribution in [2.24, 2.45) is 10.8 Å². The van der Waals surface area contributed by atoms with E-state index in [0.717, 1.165) is 25.7 Å². The standard InChI is InChI=1S/2C28H37.C12H9Si.2ClH.Zr/c2*1-9-10-20-11-12-21-16-25(28(6,7)8)17-26(21)27(20)24-14-22(18(2)3)13-23(15-24)19(4)5;1-3-7-11-9(5-1)10-6-2-4-8-12(10)13-11;;;/h2*11-19H,9-10H2,1-8H3;1-7H,13H2;2*1H;/q;;;;;+2/p-2. The number of hydrogen-bond donors (Lipinski definition) is 0. The molecule has 0 aromatic heterocycles. The summed E-state index contributed by atoms with van der Waals surface area (Å²) in [6, 6.07) is 41.2. The van der Waals surface area contributed by atoms with Crippen molar-refractivity contribution < 1.29 is 16.4 Å². The van der Waals surface area contributed by atoms with Crippen molar-refractivity contribution in [3.63, 3.8) is 0 Å². The molecule has 0 saturated heterocycles. The molecule has 0 saturated carbocycles. The van der Waals surface area contributed by atoms with Crippen molar-refractivity contribution in [3.05, 3.63) is 170 Å². The third-order valence-electron chi connectivity index (χ3n) is 17.0. The molecule has 2 aliphatic carbocycles. The molecule has 0 bridgehead atoms. The fraction of sp³-hybridized carbons (Fsp3) is 0.412. The fourth-order valence-corrected chi connectivity index (χ4v) is 41.5. The van der Waals surface area contributed by atoms with Gasteiger partial charge in [-0.1, -0.05) is 0 Å². The first-order valence-corrected chi connectivity index (χ1v) is 39.5. The van der Waals surface area contributed by atoms with Crippen LogP contribution in [0.15, 0.2) is 114 Å². The van der Waals surface area contributed by atoms with Crippen LogP contribution >= 0.6 is 17.0 Å². The second kappa shape index (κ2) is 19.6. The first-order chi connectivity index (χ1) is 33.9. The zero-order valence-corrected chi connectivity index (χ0v) is 52.1.